The van der Waals surface area contributed by atoms with Gasteiger partial charge in [-0.3, -0.25) is 0 Å². The summed E-state index contributed by atoms with van der Waals surface area (Å²) in [4.78, 5) is 0. The van der Waals surface area contributed by atoms with Crippen molar-refractivity contribution in [1.82, 2.24) is 5.32 Å². The minimum Gasteiger partial charge on any atom is -0.469 e. The molecule has 2 rings (SSSR count). The van der Waals surface area contributed by atoms with Crippen LogP contribution in [0.5, 0.6) is 0 Å². The van der Waals surface area contributed by atoms with Crippen molar-refractivity contribution in [3.8, 4) is 0 Å². The molecule has 0 amide bonds. The Labute approximate surface area is 115 Å². The van der Waals surface area contributed by atoms with E-state index in [9.17, 15) is 0 Å². The van der Waals surface area contributed by atoms with Crippen molar-refractivity contribution in [3.05, 3.63) is 59.5 Å². The highest BCUT2D eigenvalue weighted by molar-refractivity contribution is 5.23. The number of benzene rings is 1. The monoisotopic (exact) mass is 257 g/mol. The van der Waals surface area contributed by atoms with Gasteiger partial charge in [0.05, 0.1) is 6.26 Å². The fourth-order valence-corrected chi connectivity index (χ4v) is 2.28. The molecule has 0 fully saturated rings. The molecule has 2 heteroatoms. The number of aryl methyl sites for hydroxylation is 2. The second-order valence-corrected chi connectivity index (χ2v) is 5.32. The molecule has 102 valence electrons. The Morgan fingerprint density at radius 2 is 1.84 bits per heavy atom. The van der Waals surface area contributed by atoms with Crippen molar-refractivity contribution in [2.75, 3.05) is 0 Å². The maximum Gasteiger partial charge on any atom is 0.103 e. The van der Waals surface area contributed by atoms with Crippen molar-refractivity contribution in [2.45, 2.75) is 45.7 Å². The summed E-state index contributed by atoms with van der Waals surface area (Å²) in [6, 6.07) is 13.6. The topological polar surface area (TPSA) is 25.2 Å². The van der Waals surface area contributed by atoms with Gasteiger partial charge in [0, 0.05) is 18.5 Å². The van der Waals surface area contributed by atoms with Crippen LogP contribution < -0.4 is 5.32 Å². The molecule has 1 aromatic heterocycles. The fourth-order valence-electron chi connectivity index (χ4n) is 2.28. The van der Waals surface area contributed by atoms with Crippen LogP contribution in [-0.4, -0.2) is 6.04 Å². The second kappa shape index (κ2) is 6.58. The van der Waals surface area contributed by atoms with Crippen molar-refractivity contribution < 1.29 is 4.42 Å². The van der Waals surface area contributed by atoms with Gasteiger partial charge in [-0.2, -0.15) is 0 Å². The van der Waals surface area contributed by atoms with E-state index in [0.29, 0.717) is 12.1 Å². The highest BCUT2D eigenvalue weighted by atomic mass is 16.3. The summed E-state index contributed by atoms with van der Waals surface area (Å²) in [6.07, 6.45) is 3.81. The van der Waals surface area contributed by atoms with Gasteiger partial charge in [-0.15, -0.1) is 0 Å². The predicted molar refractivity (Wildman–Crippen MR) is 79.2 cm³/mol. The van der Waals surface area contributed by atoms with Crippen molar-refractivity contribution in [1.29, 1.82) is 0 Å². The number of furan rings is 1. The lowest BCUT2D eigenvalue weighted by Gasteiger charge is -2.20. The summed E-state index contributed by atoms with van der Waals surface area (Å²) in [6.45, 7) is 6.57. The van der Waals surface area contributed by atoms with Crippen LogP contribution in [-0.2, 0) is 6.42 Å². The first-order valence-corrected chi connectivity index (χ1v) is 7.00. The van der Waals surface area contributed by atoms with Crippen LogP contribution in [0.3, 0.4) is 0 Å². The number of hydrogen-bond acceptors (Lipinski definition) is 2. The van der Waals surface area contributed by atoms with E-state index in [-0.39, 0.29) is 0 Å². The number of rotatable bonds is 6. The van der Waals surface area contributed by atoms with E-state index in [2.05, 4.69) is 50.4 Å². The zero-order chi connectivity index (χ0) is 13.7. The Kier molecular flexibility index (Phi) is 4.80. The lowest BCUT2D eigenvalue weighted by Crippen LogP contribution is -2.29. The Bertz CT molecular complexity index is 472. The molecule has 0 saturated heterocycles. The maximum atomic E-state index is 5.36. The summed E-state index contributed by atoms with van der Waals surface area (Å²) in [7, 11) is 0. The molecular formula is C17H23NO. The molecule has 0 spiro atoms. The smallest absolute Gasteiger partial charge is 0.103 e. The SMILES string of the molecule is Cc1ccc(C(C)NC(C)CCc2ccco2)cc1. The summed E-state index contributed by atoms with van der Waals surface area (Å²) in [5.41, 5.74) is 2.65. The van der Waals surface area contributed by atoms with Crippen LogP contribution in [0.4, 0.5) is 0 Å². The predicted octanol–water partition coefficient (Wildman–Crippen LogP) is 4.26. The number of nitrogens with one attached hydrogen (secondary N) is 1. The maximum absolute atomic E-state index is 5.36. The average Bonchev–Trinajstić information content (AvgIpc) is 2.90. The van der Waals surface area contributed by atoms with Crippen LogP contribution >= 0.6 is 0 Å². The van der Waals surface area contributed by atoms with E-state index in [1.807, 2.05) is 12.1 Å². The average molecular weight is 257 g/mol. The zero-order valence-corrected chi connectivity index (χ0v) is 12.0. The van der Waals surface area contributed by atoms with Gasteiger partial charge in [0.15, 0.2) is 0 Å². The van der Waals surface area contributed by atoms with Crippen molar-refractivity contribution >= 4 is 0 Å². The molecule has 1 aromatic carbocycles. The minimum atomic E-state index is 0.382. The first-order chi connectivity index (χ1) is 9.15. The fraction of sp³-hybridized carbons (Fsp3) is 0.412. The van der Waals surface area contributed by atoms with E-state index in [0.717, 1.165) is 18.6 Å². The van der Waals surface area contributed by atoms with Crippen LogP contribution in [0.1, 0.15) is 43.2 Å². The summed E-state index contributed by atoms with van der Waals surface area (Å²) in [5, 5.41) is 3.64. The van der Waals surface area contributed by atoms with Gasteiger partial charge in [-0.05, 0) is 44.9 Å². The quantitative estimate of drug-likeness (QED) is 0.836. The van der Waals surface area contributed by atoms with Crippen LogP contribution in [0.2, 0.25) is 0 Å². The minimum absolute atomic E-state index is 0.382. The third kappa shape index (κ3) is 4.25. The second-order valence-electron chi connectivity index (χ2n) is 5.32. The summed E-state index contributed by atoms with van der Waals surface area (Å²) in [5.74, 6) is 1.07. The van der Waals surface area contributed by atoms with Crippen LogP contribution in [0, 0.1) is 6.92 Å². The van der Waals surface area contributed by atoms with Gasteiger partial charge >= 0.3 is 0 Å². The van der Waals surface area contributed by atoms with Gasteiger partial charge in [-0.1, -0.05) is 29.8 Å². The largest absolute Gasteiger partial charge is 0.469 e. The molecule has 0 aliphatic heterocycles. The third-order valence-corrected chi connectivity index (χ3v) is 3.52. The number of hydrogen-bond donors (Lipinski definition) is 1. The summed E-state index contributed by atoms with van der Waals surface area (Å²) >= 11 is 0. The molecule has 1 heterocycles. The normalized spacial score (nSPS) is 14.3. The molecule has 0 aliphatic carbocycles. The van der Waals surface area contributed by atoms with E-state index in [4.69, 9.17) is 4.42 Å². The Hall–Kier alpha value is -1.54. The zero-order valence-electron chi connectivity index (χ0n) is 12.0. The van der Waals surface area contributed by atoms with Crippen LogP contribution in [0.25, 0.3) is 0 Å². The molecule has 2 unspecified atom stereocenters. The highest BCUT2D eigenvalue weighted by Gasteiger charge is 2.09. The van der Waals surface area contributed by atoms with Gasteiger partial charge in [0.2, 0.25) is 0 Å². The molecule has 19 heavy (non-hydrogen) atoms. The molecule has 2 atom stereocenters. The van der Waals surface area contributed by atoms with Crippen molar-refractivity contribution in [2.24, 2.45) is 0 Å². The van der Waals surface area contributed by atoms with E-state index in [1.165, 1.54) is 11.1 Å². The Morgan fingerprint density at radius 3 is 2.47 bits per heavy atom. The molecule has 0 bridgehead atoms. The standard InChI is InChI=1S/C17H23NO/c1-13-6-9-16(10-7-13)15(3)18-14(2)8-11-17-5-4-12-19-17/h4-7,9-10,12,14-15,18H,8,11H2,1-3H3. The Balaban J connectivity index is 1.81. The molecule has 2 aromatic rings. The van der Waals surface area contributed by atoms with Gasteiger partial charge in [-0.25, -0.2) is 0 Å². The molecular weight excluding hydrogens is 234 g/mol. The van der Waals surface area contributed by atoms with E-state index < -0.39 is 0 Å². The van der Waals surface area contributed by atoms with Gasteiger partial charge < -0.3 is 9.73 Å². The lowest BCUT2D eigenvalue weighted by molar-refractivity contribution is 0.430. The Morgan fingerprint density at radius 1 is 1.11 bits per heavy atom. The molecule has 1 N–H and O–H groups in total. The van der Waals surface area contributed by atoms with E-state index in [1.54, 1.807) is 6.26 Å². The van der Waals surface area contributed by atoms with Crippen LogP contribution in [0.15, 0.2) is 47.1 Å². The first-order valence-electron chi connectivity index (χ1n) is 7.00. The third-order valence-electron chi connectivity index (χ3n) is 3.52. The highest BCUT2D eigenvalue weighted by Crippen LogP contribution is 2.15. The van der Waals surface area contributed by atoms with Gasteiger partial charge in [0.25, 0.3) is 0 Å². The molecule has 2 nitrogen and oxygen atoms in total. The first kappa shape index (κ1) is 13.9. The molecule has 0 saturated carbocycles. The molecule has 0 radical (unpaired) electrons. The van der Waals surface area contributed by atoms with Crippen molar-refractivity contribution in [3.63, 3.8) is 0 Å². The lowest BCUT2D eigenvalue weighted by atomic mass is 10.0. The van der Waals surface area contributed by atoms with Gasteiger partial charge in [0.1, 0.15) is 5.76 Å². The molecule has 0 aliphatic rings. The van der Waals surface area contributed by atoms with E-state index >= 15 is 0 Å². The summed E-state index contributed by atoms with van der Waals surface area (Å²) < 4.78 is 5.36.